The summed E-state index contributed by atoms with van der Waals surface area (Å²) in [6.07, 6.45) is 3.57. The van der Waals surface area contributed by atoms with Gasteiger partial charge in [-0.25, -0.2) is 0 Å². The largest absolute Gasteiger partial charge is 0.352 e. The molecule has 5 nitrogen and oxygen atoms in total. The van der Waals surface area contributed by atoms with Gasteiger partial charge in [-0.15, -0.1) is 0 Å². The molecular formula is C18H27N3O2. The zero-order valence-corrected chi connectivity index (χ0v) is 14.0. The molecule has 0 spiro atoms. The van der Waals surface area contributed by atoms with E-state index in [1.807, 2.05) is 38.1 Å². The molecule has 2 rings (SSSR count). The van der Waals surface area contributed by atoms with Crippen LogP contribution in [-0.4, -0.2) is 24.4 Å². The van der Waals surface area contributed by atoms with Crippen molar-refractivity contribution in [3.63, 3.8) is 0 Å². The molecule has 126 valence electrons. The lowest BCUT2D eigenvalue weighted by Crippen LogP contribution is -2.31. The van der Waals surface area contributed by atoms with Gasteiger partial charge >= 0.3 is 0 Å². The second-order valence-corrected chi connectivity index (χ2v) is 6.27. The highest BCUT2D eigenvalue weighted by Gasteiger charge is 2.17. The van der Waals surface area contributed by atoms with Crippen molar-refractivity contribution in [2.75, 3.05) is 11.9 Å². The summed E-state index contributed by atoms with van der Waals surface area (Å²) in [7, 11) is 0. The molecule has 0 aliphatic carbocycles. The van der Waals surface area contributed by atoms with E-state index in [-0.39, 0.29) is 17.7 Å². The molecule has 0 radical (unpaired) electrons. The summed E-state index contributed by atoms with van der Waals surface area (Å²) in [5.41, 5.74) is 1.76. The Morgan fingerprint density at radius 3 is 2.91 bits per heavy atom. The Labute approximate surface area is 138 Å². The number of carbonyl (C=O) groups excluding carboxylic acids is 2. The summed E-state index contributed by atoms with van der Waals surface area (Å²) < 4.78 is 0. The monoisotopic (exact) mass is 317 g/mol. The van der Waals surface area contributed by atoms with Crippen molar-refractivity contribution in [1.29, 1.82) is 0 Å². The number of nitrogens with one attached hydrogen (secondary N) is 3. The van der Waals surface area contributed by atoms with Crippen molar-refractivity contribution < 1.29 is 9.59 Å². The lowest BCUT2D eigenvalue weighted by molar-refractivity contribution is -0.121. The van der Waals surface area contributed by atoms with Gasteiger partial charge in [-0.3, -0.25) is 9.59 Å². The van der Waals surface area contributed by atoms with Crippen molar-refractivity contribution in [1.82, 2.24) is 10.6 Å². The van der Waals surface area contributed by atoms with Crippen LogP contribution in [0.25, 0.3) is 0 Å². The Balaban J connectivity index is 1.82. The average molecular weight is 317 g/mol. The van der Waals surface area contributed by atoms with Crippen molar-refractivity contribution in [2.24, 2.45) is 5.92 Å². The first kappa shape index (κ1) is 17.5. The summed E-state index contributed by atoms with van der Waals surface area (Å²) >= 11 is 0. The molecule has 23 heavy (non-hydrogen) atoms. The van der Waals surface area contributed by atoms with Crippen LogP contribution in [0.1, 0.15) is 45.1 Å². The molecule has 1 aromatic carbocycles. The Morgan fingerprint density at radius 1 is 1.39 bits per heavy atom. The van der Waals surface area contributed by atoms with Crippen LogP contribution in [0.5, 0.6) is 0 Å². The highest BCUT2D eigenvalue weighted by molar-refractivity contribution is 5.92. The van der Waals surface area contributed by atoms with Gasteiger partial charge in [0.2, 0.25) is 11.8 Å². The first-order chi connectivity index (χ1) is 11.1. The fourth-order valence-corrected chi connectivity index (χ4v) is 2.64. The zero-order chi connectivity index (χ0) is 16.7. The van der Waals surface area contributed by atoms with Crippen LogP contribution >= 0.6 is 0 Å². The Hall–Kier alpha value is -1.88. The summed E-state index contributed by atoms with van der Waals surface area (Å²) in [5, 5.41) is 9.19. The number of anilines is 1. The van der Waals surface area contributed by atoms with Gasteiger partial charge in [0.15, 0.2) is 0 Å². The van der Waals surface area contributed by atoms with Crippen molar-refractivity contribution in [3.05, 3.63) is 29.8 Å². The number of hydrogen-bond acceptors (Lipinski definition) is 3. The van der Waals surface area contributed by atoms with E-state index in [9.17, 15) is 9.59 Å². The van der Waals surface area contributed by atoms with Gasteiger partial charge in [0.1, 0.15) is 0 Å². The molecule has 0 aromatic heterocycles. The third-order valence-electron chi connectivity index (χ3n) is 4.34. The van der Waals surface area contributed by atoms with Crippen LogP contribution in [0.15, 0.2) is 24.3 Å². The molecule has 1 aliphatic heterocycles. The number of benzene rings is 1. The average Bonchev–Trinajstić information content (AvgIpc) is 3.05. The molecule has 0 saturated carbocycles. The Morgan fingerprint density at radius 2 is 2.22 bits per heavy atom. The van der Waals surface area contributed by atoms with Crippen LogP contribution in [-0.2, 0) is 16.1 Å². The van der Waals surface area contributed by atoms with Gasteiger partial charge in [-0.05, 0) is 43.5 Å². The van der Waals surface area contributed by atoms with Crippen molar-refractivity contribution in [3.8, 4) is 0 Å². The maximum atomic E-state index is 11.9. The van der Waals surface area contributed by atoms with Crippen LogP contribution in [0.3, 0.4) is 0 Å². The van der Waals surface area contributed by atoms with Crippen LogP contribution in [0, 0.1) is 5.92 Å². The highest BCUT2D eigenvalue weighted by Crippen LogP contribution is 2.13. The van der Waals surface area contributed by atoms with Gasteiger partial charge in [-0.1, -0.05) is 26.0 Å². The van der Waals surface area contributed by atoms with Crippen molar-refractivity contribution in [2.45, 2.75) is 52.1 Å². The number of rotatable bonds is 7. The lowest BCUT2D eigenvalue weighted by Gasteiger charge is -2.12. The quantitative estimate of drug-likeness (QED) is 0.723. The molecule has 1 heterocycles. The van der Waals surface area contributed by atoms with Gasteiger partial charge in [0, 0.05) is 30.6 Å². The minimum Gasteiger partial charge on any atom is -0.352 e. The van der Waals surface area contributed by atoms with Gasteiger partial charge in [0.05, 0.1) is 0 Å². The molecular weight excluding hydrogens is 290 g/mol. The maximum absolute atomic E-state index is 11.9. The molecule has 1 aliphatic rings. The fraction of sp³-hybridized carbons (Fsp3) is 0.556. The molecule has 3 N–H and O–H groups in total. The standard InChI is InChI=1S/C18H27N3O2/c1-3-13(2)18(23)21-16-7-4-6-14(10-16)12-20-17(22)11-15-8-5-9-19-15/h4,6-7,10,13,15,19H,3,5,8-9,11-12H2,1-2H3,(H,20,22)(H,21,23). The van der Waals surface area contributed by atoms with E-state index in [2.05, 4.69) is 16.0 Å². The Bertz CT molecular complexity index is 539. The first-order valence-electron chi connectivity index (χ1n) is 8.48. The molecule has 2 amide bonds. The van der Waals surface area contributed by atoms with E-state index in [1.54, 1.807) is 0 Å². The molecule has 1 saturated heterocycles. The van der Waals surface area contributed by atoms with Gasteiger partial charge in [-0.2, -0.15) is 0 Å². The summed E-state index contributed by atoms with van der Waals surface area (Å²) in [6, 6.07) is 7.94. The SMILES string of the molecule is CCC(C)C(=O)Nc1cccc(CNC(=O)CC2CCCN2)c1. The minimum absolute atomic E-state index is 0.00253. The third-order valence-corrected chi connectivity index (χ3v) is 4.34. The topological polar surface area (TPSA) is 70.2 Å². The Kier molecular flexibility index (Phi) is 6.59. The van der Waals surface area contributed by atoms with E-state index in [1.165, 1.54) is 0 Å². The number of hydrogen-bond donors (Lipinski definition) is 3. The van der Waals surface area contributed by atoms with Crippen LogP contribution in [0.2, 0.25) is 0 Å². The predicted octanol–water partition coefficient (Wildman–Crippen LogP) is 2.43. The van der Waals surface area contributed by atoms with Gasteiger partial charge < -0.3 is 16.0 Å². The third kappa shape index (κ3) is 5.67. The summed E-state index contributed by atoms with van der Waals surface area (Å²) in [4.78, 5) is 23.9. The molecule has 0 bridgehead atoms. The molecule has 2 atom stereocenters. The molecule has 2 unspecified atom stereocenters. The van der Waals surface area contributed by atoms with E-state index in [4.69, 9.17) is 0 Å². The first-order valence-corrected chi connectivity index (χ1v) is 8.48. The predicted molar refractivity (Wildman–Crippen MR) is 92.0 cm³/mol. The summed E-state index contributed by atoms with van der Waals surface area (Å²) in [5.74, 6) is 0.0942. The van der Waals surface area contributed by atoms with E-state index >= 15 is 0 Å². The molecule has 1 aromatic rings. The second kappa shape index (κ2) is 8.67. The zero-order valence-electron chi connectivity index (χ0n) is 14.0. The minimum atomic E-state index is -0.00253. The molecule has 5 heteroatoms. The van der Waals surface area contributed by atoms with E-state index in [0.29, 0.717) is 19.0 Å². The van der Waals surface area contributed by atoms with Crippen LogP contribution in [0.4, 0.5) is 5.69 Å². The smallest absolute Gasteiger partial charge is 0.227 e. The molecule has 1 fully saturated rings. The summed E-state index contributed by atoms with van der Waals surface area (Å²) in [6.45, 7) is 5.40. The van der Waals surface area contributed by atoms with E-state index < -0.39 is 0 Å². The highest BCUT2D eigenvalue weighted by atomic mass is 16.2. The fourth-order valence-electron chi connectivity index (χ4n) is 2.64. The van der Waals surface area contributed by atoms with Crippen molar-refractivity contribution >= 4 is 17.5 Å². The maximum Gasteiger partial charge on any atom is 0.227 e. The van der Waals surface area contributed by atoms with E-state index in [0.717, 1.165) is 37.1 Å². The normalized spacial score (nSPS) is 18.4. The van der Waals surface area contributed by atoms with Crippen LogP contribution < -0.4 is 16.0 Å². The van der Waals surface area contributed by atoms with Gasteiger partial charge in [0.25, 0.3) is 0 Å². The second-order valence-electron chi connectivity index (χ2n) is 6.27. The lowest BCUT2D eigenvalue weighted by atomic mass is 10.1. The number of amides is 2. The number of carbonyl (C=O) groups is 2.